The summed E-state index contributed by atoms with van der Waals surface area (Å²) in [6, 6.07) is 0. The average molecular weight is 229 g/mol. The van der Waals surface area contributed by atoms with E-state index in [1.54, 1.807) is 6.20 Å². The fourth-order valence-corrected chi connectivity index (χ4v) is 2.93. The number of fused-ring (bicyclic) bond motifs is 1. The minimum absolute atomic E-state index is 0.166. The Kier molecular flexibility index (Phi) is 2.30. The zero-order valence-electron chi connectivity index (χ0n) is 7.04. The molecule has 0 aromatic carbocycles. The van der Waals surface area contributed by atoms with Gasteiger partial charge in [0.15, 0.2) is 0 Å². The summed E-state index contributed by atoms with van der Waals surface area (Å²) >= 11 is 1.17. The van der Waals surface area contributed by atoms with Crippen LogP contribution in [0.3, 0.4) is 0 Å². The first-order valence-corrected chi connectivity index (χ1v) is 6.27. The molecule has 1 aliphatic heterocycles. The van der Waals surface area contributed by atoms with Crippen LogP contribution in [0, 0.1) is 0 Å². The van der Waals surface area contributed by atoms with Crippen LogP contribution in [-0.2, 0) is 15.8 Å². The molecule has 1 aliphatic rings. The molecule has 0 atom stereocenters. The molecular weight excluding hydrogens is 222 g/mol. The molecule has 1 aromatic heterocycles. The van der Waals surface area contributed by atoms with Gasteiger partial charge in [0, 0.05) is 17.5 Å². The molecule has 2 rings (SSSR count). The molecular formula is C7H7N3O2S2. The highest BCUT2D eigenvalue weighted by atomic mass is 32.3. The van der Waals surface area contributed by atoms with Gasteiger partial charge >= 0.3 is 0 Å². The van der Waals surface area contributed by atoms with Gasteiger partial charge in [0.1, 0.15) is 10.6 Å². The van der Waals surface area contributed by atoms with Gasteiger partial charge in [-0.2, -0.15) is 0 Å². The Morgan fingerprint density at radius 1 is 1.50 bits per heavy atom. The Morgan fingerprint density at radius 2 is 2.29 bits per heavy atom. The molecule has 0 saturated heterocycles. The monoisotopic (exact) mass is 229 g/mol. The molecule has 0 fully saturated rings. The van der Waals surface area contributed by atoms with E-state index in [0.29, 0.717) is 5.75 Å². The lowest BCUT2D eigenvalue weighted by Gasteiger charge is -2.12. The predicted octanol–water partition coefficient (Wildman–Crippen LogP) is 0.310. The molecule has 7 heteroatoms. The van der Waals surface area contributed by atoms with Crippen LogP contribution >= 0.6 is 11.8 Å². The maximum absolute atomic E-state index is 11.0. The quantitative estimate of drug-likeness (QED) is 0.749. The van der Waals surface area contributed by atoms with Crippen LogP contribution in [0.4, 0.5) is 0 Å². The zero-order valence-corrected chi connectivity index (χ0v) is 8.68. The van der Waals surface area contributed by atoms with Crippen molar-refractivity contribution < 1.29 is 8.42 Å². The molecule has 74 valence electrons. The Hall–Kier alpha value is -0.920. The molecule has 5 nitrogen and oxygen atoms in total. The Balaban J connectivity index is 2.51. The standard InChI is InChI=1S/C7H7N3O2S2/c8-14(11,12)7-1-5-2-9-4-10-6(5)3-13-7/h1-2,4H,3H2,(H2,8,11,12). The van der Waals surface area contributed by atoms with E-state index in [0.717, 1.165) is 11.3 Å². The third-order valence-electron chi connectivity index (χ3n) is 1.73. The van der Waals surface area contributed by atoms with Crippen LogP contribution in [-0.4, -0.2) is 18.4 Å². The van der Waals surface area contributed by atoms with Crippen molar-refractivity contribution in [1.29, 1.82) is 0 Å². The average Bonchev–Trinajstić information content (AvgIpc) is 2.16. The Bertz CT molecular complexity index is 495. The van der Waals surface area contributed by atoms with Crippen LogP contribution < -0.4 is 5.14 Å². The van der Waals surface area contributed by atoms with Crippen LogP contribution in [0.5, 0.6) is 0 Å². The van der Waals surface area contributed by atoms with E-state index >= 15 is 0 Å². The smallest absolute Gasteiger partial charge is 0.244 e. The van der Waals surface area contributed by atoms with Gasteiger partial charge in [-0.3, -0.25) is 0 Å². The molecule has 14 heavy (non-hydrogen) atoms. The molecule has 0 bridgehead atoms. The number of nitrogens with zero attached hydrogens (tertiary/aromatic N) is 2. The van der Waals surface area contributed by atoms with Gasteiger partial charge in [0.05, 0.1) is 5.69 Å². The SMILES string of the molecule is NS(=O)(=O)C1=Cc2cncnc2CS1. The van der Waals surface area contributed by atoms with E-state index in [9.17, 15) is 8.42 Å². The number of hydrogen-bond acceptors (Lipinski definition) is 5. The lowest BCUT2D eigenvalue weighted by atomic mass is 10.2. The van der Waals surface area contributed by atoms with Crippen LogP contribution in [0.2, 0.25) is 0 Å². The number of primary sulfonamides is 1. The van der Waals surface area contributed by atoms with Crippen molar-refractivity contribution in [2.75, 3.05) is 0 Å². The van der Waals surface area contributed by atoms with Crippen LogP contribution in [0.1, 0.15) is 11.3 Å². The maximum atomic E-state index is 11.0. The minimum atomic E-state index is -3.60. The molecule has 0 unspecified atom stereocenters. The summed E-state index contributed by atoms with van der Waals surface area (Å²) in [6.45, 7) is 0. The summed E-state index contributed by atoms with van der Waals surface area (Å²) in [7, 11) is -3.60. The van der Waals surface area contributed by atoms with Crippen molar-refractivity contribution in [2.45, 2.75) is 5.75 Å². The molecule has 0 radical (unpaired) electrons. The second-order valence-electron chi connectivity index (χ2n) is 2.72. The van der Waals surface area contributed by atoms with Gasteiger partial charge in [-0.05, 0) is 6.08 Å². The fourth-order valence-electron chi connectivity index (χ4n) is 1.08. The summed E-state index contributed by atoms with van der Waals surface area (Å²) < 4.78 is 22.3. The first-order valence-electron chi connectivity index (χ1n) is 3.73. The van der Waals surface area contributed by atoms with Gasteiger partial charge < -0.3 is 0 Å². The van der Waals surface area contributed by atoms with E-state index < -0.39 is 10.0 Å². The van der Waals surface area contributed by atoms with E-state index in [-0.39, 0.29) is 4.24 Å². The number of sulfonamides is 1. The minimum Gasteiger partial charge on any atom is -0.244 e. The van der Waals surface area contributed by atoms with Gasteiger partial charge in [0.25, 0.3) is 0 Å². The van der Waals surface area contributed by atoms with Crippen molar-refractivity contribution in [3.8, 4) is 0 Å². The first-order chi connectivity index (χ1) is 6.57. The molecule has 2 heterocycles. The van der Waals surface area contributed by atoms with E-state index in [2.05, 4.69) is 9.97 Å². The van der Waals surface area contributed by atoms with E-state index in [1.165, 1.54) is 24.2 Å². The van der Waals surface area contributed by atoms with Crippen molar-refractivity contribution >= 4 is 27.9 Å². The zero-order chi connectivity index (χ0) is 10.2. The summed E-state index contributed by atoms with van der Waals surface area (Å²) in [4.78, 5) is 7.84. The second-order valence-corrected chi connectivity index (χ2v) is 5.53. The summed E-state index contributed by atoms with van der Waals surface area (Å²) in [5, 5.41) is 5.01. The Morgan fingerprint density at radius 3 is 3.00 bits per heavy atom. The van der Waals surface area contributed by atoms with Gasteiger partial charge in [-0.25, -0.2) is 23.5 Å². The second kappa shape index (κ2) is 3.34. The highest BCUT2D eigenvalue weighted by Gasteiger charge is 2.19. The highest BCUT2D eigenvalue weighted by Crippen LogP contribution is 2.32. The van der Waals surface area contributed by atoms with E-state index in [4.69, 9.17) is 5.14 Å². The van der Waals surface area contributed by atoms with Crippen LogP contribution in [0.25, 0.3) is 6.08 Å². The lowest BCUT2D eigenvalue weighted by molar-refractivity contribution is 0.606. The predicted molar refractivity (Wildman–Crippen MR) is 54.4 cm³/mol. The topological polar surface area (TPSA) is 85.9 Å². The largest absolute Gasteiger partial charge is 0.244 e. The van der Waals surface area contributed by atoms with Gasteiger partial charge in [0.2, 0.25) is 10.0 Å². The van der Waals surface area contributed by atoms with E-state index in [1.807, 2.05) is 0 Å². The van der Waals surface area contributed by atoms with Crippen molar-refractivity contribution in [3.05, 3.63) is 28.0 Å². The summed E-state index contributed by atoms with van der Waals surface area (Å²) in [6.07, 6.45) is 4.52. The normalized spacial score (nSPS) is 15.9. The number of nitrogens with two attached hydrogens (primary N) is 1. The third kappa shape index (κ3) is 1.79. The molecule has 2 N–H and O–H groups in total. The molecule has 0 saturated carbocycles. The number of rotatable bonds is 1. The first kappa shape index (κ1) is 9.63. The van der Waals surface area contributed by atoms with Gasteiger partial charge in [-0.15, -0.1) is 11.8 Å². The summed E-state index contributed by atoms with van der Waals surface area (Å²) in [5.74, 6) is 0.514. The molecule has 1 aromatic rings. The lowest BCUT2D eigenvalue weighted by Crippen LogP contribution is -2.14. The highest BCUT2D eigenvalue weighted by molar-refractivity contribution is 8.17. The third-order valence-corrected chi connectivity index (χ3v) is 4.28. The van der Waals surface area contributed by atoms with Crippen molar-refractivity contribution in [1.82, 2.24) is 9.97 Å². The van der Waals surface area contributed by atoms with Gasteiger partial charge in [-0.1, -0.05) is 0 Å². The number of hydrogen-bond donors (Lipinski definition) is 1. The van der Waals surface area contributed by atoms with Crippen molar-refractivity contribution in [2.24, 2.45) is 5.14 Å². The maximum Gasteiger partial charge on any atom is 0.244 e. The number of aromatic nitrogens is 2. The van der Waals surface area contributed by atoms with Crippen LogP contribution in [0.15, 0.2) is 16.8 Å². The molecule has 0 aliphatic carbocycles. The van der Waals surface area contributed by atoms with Crippen molar-refractivity contribution in [3.63, 3.8) is 0 Å². The number of thioether (sulfide) groups is 1. The summed E-state index contributed by atoms with van der Waals surface area (Å²) in [5.41, 5.74) is 1.55. The molecule has 0 spiro atoms. The Labute approximate surface area is 85.5 Å². The molecule has 0 amide bonds. The fraction of sp³-hybridized carbons (Fsp3) is 0.143.